The smallest absolute Gasteiger partial charge is 0.0897 e. The molecular formula is C11H21N3S. The number of aromatic nitrogens is 1. The van der Waals surface area contributed by atoms with Gasteiger partial charge in [0.05, 0.1) is 10.7 Å². The molecule has 0 radical (unpaired) electrons. The monoisotopic (exact) mass is 227 g/mol. The first-order valence-corrected chi connectivity index (χ1v) is 6.47. The van der Waals surface area contributed by atoms with Crippen molar-refractivity contribution in [1.29, 1.82) is 0 Å². The molecule has 0 saturated carbocycles. The number of aryl methyl sites for hydroxylation is 1. The Morgan fingerprint density at radius 3 is 3.00 bits per heavy atom. The van der Waals surface area contributed by atoms with Crippen molar-refractivity contribution in [3.05, 3.63) is 16.1 Å². The van der Waals surface area contributed by atoms with Crippen LogP contribution in [0.3, 0.4) is 0 Å². The number of nitrogens with zero attached hydrogens (tertiary/aromatic N) is 1. The van der Waals surface area contributed by atoms with Crippen molar-refractivity contribution in [2.75, 3.05) is 13.1 Å². The Kier molecular flexibility index (Phi) is 5.83. The molecule has 4 heteroatoms. The van der Waals surface area contributed by atoms with Crippen molar-refractivity contribution < 1.29 is 0 Å². The first kappa shape index (κ1) is 12.6. The maximum absolute atomic E-state index is 5.89. The van der Waals surface area contributed by atoms with E-state index in [1.807, 2.05) is 6.92 Å². The average molecular weight is 227 g/mol. The Bertz CT molecular complexity index is 273. The fourth-order valence-electron chi connectivity index (χ4n) is 1.50. The summed E-state index contributed by atoms with van der Waals surface area (Å²) < 4.78 is 0. The molecule has 86 valence electrons. The quantitative estimate of drug-likeness (QED) is 0.697. The van der Waals surface area contributed by atoms with Gasteiger partial charge in [0.25, 0.3) is 0 Å². The first-order chi connectivity index (χ1) is 7.22. The summed E-state index contributed by atoms with van der Waals surface area (Å²) in [5, 5.41) is 6.64. The van der Waals surface area contributed by atoms with Crippen LogP contribution in [-0.4, -0.2) is 24.1 Å². The molecule has 3 nitrogen and oxygen atoms in total. The number of rotatable bonds is 7. The van der Waals surface area contributed by atoms with Crippen LogP contribution in [-0.2, 0) is 6.42 Å². The maximum atomic E-state index is 5.89. The van der Waals surface area contributed by atoms with Gasteiger partial charge in [-0.05, 0) is 13.3 Å². The molecule has 1 aromatic heterocycles. The van der Waals surface area contributed by atoms with E-state index in [0.29, 0.717) is 6.04 Å². The second kappa shape index (κ2) is 6.93. The highest BCUT2D eigenvalue weighted by molar-refractivity contribution is 7.09. The van der Waals surface area contributed by atoms with E-state index in [9.17, 15) is 0 Å². The van der Waals surface area contributed by atoms with Gasteiger partial charge in [-0.1, -0.05) is 13.3 Å². The molecule has 1 heterocycles. The minimum absolute atomic E-state index is 0.298. The van der Waals surface area contributed by atoms with Crippen molar-refractivity contribution in [2.45, 2.75) is 39.2 Å². The summed E-state index contributed by atoms with van der Waals surface area (Å²) in [7, 11) is 0. The van der Waals surface area contributed by atoms with Gasteiger partial charge >= 0.3 is 0 Å². The lowest BCUT2D eigenvalue weighted by atomic mass is 10.2. The highest BCUT2D eigenvalue weighted by atomic mass is 32.1. The van der Waals surface area contributed by atoms with Crippen LogP contribution in [0.15, 0.2) is 5.38 Å². The van der Waals surface area contributed by atoms with E-state index in [1.165, 1.54) is 5.69 Å². The molecule has 0 aliphatic heterocycles. The molecule has 1 aromatic rings. The predicted molar refractivity (Wildman–Crippen MR) is 66.3 cm³/mol. The molecule has 3 N–H and O–H groups in total. The minimum Gasteiger partial charge on any atom is -0.327 e. The lowest BCUT2D eigenvalue weighted by molar-refractivity contribution is 0.539. The SMILES string of the molecule is CCCC(N)CNCCc1csc(C)n1. The molecule has 1 rings (SSSR count). The van der Waals surface area contributed by atoms with Crippen LogP contribution in [0.4, 0.5) is 0 Å². The van der Waals surface area contributed by atoms with E-state index in [2.05, 4.69) is 22.6 Å². The van der Waals surface area contributed by atoms with Crippen molar-refractivity contribution in [2.24, 2.45) is 5.73 Å². The highest BCUT2D eigenvalue weighted by Gasteiger charge is 2.01. The molecule has 0 saturated heterocycles. The molecule has 0 aliphatic carbocycles. The van der Waals surface area contributed by atoms with Crippen LogP contribution in [0.25, 0.3) is 0 Å². The van der Waals surface area contributed by atoms with E-state index in [4.69, 9.17) is 5.73 Å². The summed E-state index contributed by atoms with van der Waals surface area (Å²) in [5.41, 5.74) is 7.08. The van der Waals surface area contributed by atoms with Crippen LogP contribution in [0, 0.1) is 6.92 Å². The summed E-state index contributed by atoms with van der Waals surface area (Å²) in [4.78, 5) is 4.41. The molecule has 0 spiro atoms. The summed E-state index contributed by atoms with van der Waals surface area (Å²) in [6.07, 6.45) is 3.26. The van der Waals surface area contributed by atoms with Gasteiger partial charge in [0.1, 0.15) is 0 Å². The topological polar surface area (TPSA) is 50.9 Å². The third-order valence-electron chi connectivity index (χ3n) is 2.29. The Morgan fingerprint density at radius 1 is 1.60 bits per heavy atom. The largest absolute Gasteiger partial charge is 0.327 e. The number of hydrogen-bond donors (Lipinski definition) is 2. The fourth-order valence-corrected chi connectivity index (χ4v) is 2.15. The van der Waals surface area contributed by atoms with Crippen LogP contribution in [0.5, 0.6) is 0 Å². The molecule has 1 unspecified atom stereocenters. The molecular weight excluding hydrogens is 206 g/mol. The normalized spacial score (nSPS) is 13.0. The number of nitrogens with one attached hydrogen (secondary N) is 1. The van der Waals surface area contributed by atoms with Crippen LogP contribution >= 0.6 is 11.3 Å². The van der Waals surface area contributed by atoms with Gasteiger partial charge in [-0.15, -0.1) is 11.3 Å². The maximum Gasteiger partial charge on any atom is 0.0897 e. The van der Waals surface area contributed by atoms with Gasteiger partial charge in [0.2, 0.25) is 0 Å². The van der Waals surface area contributed by atoms with Crippen molar-refractivity contribution in [3.8, 4) is 0 Å². The van der Waals surface area contributed by atoms with Crippen LogP contribution in [0.2, 0.25) is 0 Å². The van der Waals surface area contributed by atoms with Gasteiger partial charge in [0.15, 0.2) is 0 Å². The molecule has 0 fully saturated rings. The summed E-state index contributed by atoms with van der Waals surface area (Å²) in [6.45, 7) is 6.09. The minimum atomic E-state index is 0.298. The zero-order valence-corrected chi connectivity index (χ0v) is 10.4. The first-order valence-electron chi connectivity index (χ1n) is 5.59. The van der Waals surface area contributed by atoms with Gasteiger partial charge in [0, 0.05) is 30.9 Å². The standard InChI is InChI=1S/C11H21N3S/c1-3-4-10(12)7-13-6-5-11-8-15-9(2)14-11/h8,10,13H,3-7,12H2,1-2H3. The molecule has 0 aliphatic rings. The predicted octanol–water partition coefficient (Wildman–Crippen LogP) is 1.71. The Balaban J connectivity index is 2.06. The summed E-state index contributed by atoms with van der Waals surface area (Å²) in [5.74, 6) is 0. The van der Waals surface area contributed by atoms with Gasteiger partial charge in [-0.3, -0.25) is 0 Å². The van der Waals surface area contributed by atoms with Crippen LogP contribution < -0.4 is 11.1 Å². The lowest BCUT2D eigenvalue weighted by Crippen LogP contribution is -2.34. The number of nitrogens with two attached hydrogens (primary N) is 1. The van der Waals surface area contributed by atoms with Crippen LogP contribution in [0.1, 0.15) is 30.5 Å². The molecule has 0 amide bonds. The van der Waals surface area contributed by atoms with E-state index in [1.54, 1.807) is 11.3 Å². The van der Waals surface area contributed by atoms with E-state index in [0.717, 1.165) is 37.4 Å². The average Bonchev–Trinajstić information content (AvgIpc) is 2.60. The van der Waals surface area contributed by atoms with Crippen molar-refractivity contribution >= 4 is 11.3 Å². The lowest BCUT2D eigenvalue weighted by Gasteiger charge is -2.10. The fraction of sp³-hybridized carbons (Fsp3) is 0.727. The highest BCUT2D eigenvalue weighted by Crippen LogP contribution is 2.07. The number of hydrogen-bond acceptors (Lipinski definition) is 4. The summed E-state index contributed by atoms with van der Waals surface area (Å²) in [6, 6.07) is 0.298. The second-order valence-electron chi connectivity index (χ2n) is 3.86. The zero-order chi connectivity index (χ0) is 11.1. The Morgan fingerprint density at radius 2 is 2.40 bits per heavy atom. The van der Waals surface area contributed by atoms with Crippen molar-refractivity contribution in [3.63, 3.8) is 0 Å². The van der Waals surface area contributed by atoms with Gasteiger partial charge in [-0.25, -0.2) is 4.98 Å². The van der Waals surface area contributed by atoms with E-state index >= 15 is 0 Å². The zero-order valence-electron chi connectivity index (χ0n) is 9.62. The van der Waals surface area contributed by atoms with Crippen molar-refractivity contribution in [1.82, 2.24) is 10.3 Å². The molecule has 15 heavy (non-hydrogen) atoms. The third-order valence-corrected chi connectivity index (χ3v) is 3.11. The summed E-state index contributed by atoms with van der Waals surface area (Å²) >= 11 is 1.71. The van der Waals surface area contributed by atoms with E-state index < -0.39 is 0 Å². The Hall–Kier alpha value is -0.450. The molecule has 0 bridgehead atoms. The number of thiazole rings is 1. The molecule has 1 atom stereocenters. The van der Waals surface area contributed by atoms with Gasteiger partial charge < -0.3 is 11.1 Å². The van der Waals surface area contributed by atoms with Gasteiger partial charge in [-0.2, -0.15) is 0 Å². The third kappa shape index (κ3) is 5.25. The second-order valence-corrected chi connectivity index (χ2v) is 4.92. The molecule has 0 aromatic carbocycles. The Labute approximate surface area is 96.1 Å². The van der Waals surface area contributed by atoms with E-state index in [-0.39, 0.29) is 0 Å².